The summed E-state index contributed by atoms with van der Waals surface area (Å²) in [5.74, 6) is -1.09. The number of aryl methyl sites for hydroxylation is 1. The van der Waals surface area contributed by atoms with E-state index in [9.17, 15) is 19.5 Å². The van der Waals surface area contributed by atoms with E-state index in [0.29, 0.717) is 17.1 Å². The molecule has 2 amide bonds. The highest BCUT2D eigenvalue weighted by Crippen LogP contribution is 2.51. The van der Waals surface area contributed by atoms with Gasteiger partial charge in [-0.3, -0.25) is 19.4 Å². The lowest BCUT2D eigenvalue weighted by atomic mass is 9.92. The number of aromatic nitrogens is 2. The van der Waals surface area contributed by atoms with Gasteiger partial charge < -0.3 is 20.3 Å². The van der Waals surface area contributed by atoms with Crippen LogP contribution in [-0.2, 0) is 23.9 Å². The van der Waals surface area contributed by atoms with Crippen molar-refractivity contribution in [3.63, 3.8) is 0 Å². The number of carbonyl (C=O) groups excluding carboxylic acids is 3. The third kappa shape index (κ3) is 4.27. The van der Waals surface area contributed by atoms with E-state index in [4.69, 9.17) is 15.2 Å². The average Bonchev–Trinajstić information content (AvgIpc) is 3.29. The Balaban J connectivity index is 1.70. The molecule has 3 heterocycles. The maximum Gasteiger partial charge on any atom is 0.354 e. The van der Waals surface area contributed by atoms with E-state index in [-0.39, 0.29) is 24.4 Å². The van der Waals surface area contributed by atoms with E-state index in [2.05, 4.69) is 10.2 Å². The molecule has 3 N–H and O–H groups in total. The molecule has 1 aromatic rings. The molecule has 1 fully saturated rings. The third-order valence-corrected chi connectivity index (χ3v) is 9.29. The number of esters is 1. The van der Waals surface area contributed by atoms with Crippen molar-refractivity contribution >= 4 is 52.6 Å². The molecule has 0 bridgehead atoms. The maximum absolute atomic E-state index is 13.8. The number of carbonyl (C=O) groups is 3. The molecule has 2 aliphatic heterocycles. The number of allylic oxidation sites excluding steroid dienone is 2. The van der Waals surface area contributed by atoms with Crippen molar-refractivity contribution in [3.05, 3.63) is 40.3 Å². The van der Waals surface area contributed by atoms with E-state index in [1.165, 1.54) is 65.0 Å². The summed E-state index contributed by atoms with van der Waals surface area (Å²) in [6.45, 7) is 1.47. The zero-order valence-electron chi connectivity index (χ0n) is 19.3. The topological polar surface area (TPSA) is 148 Å². The lowest BCUT2D eigenvalue weighted by Gasteiger charge is -2.60. The van der Waals surface area contributed by atoms with E-state index in [0.717, 1.165) is 9.35 Å². The lowest BCUT2D eigenvalue weighted by molar-refractivity contribution is -0.228. The van der Waals surface area contributed by atoms with Crippen LogP contribution in [0.5, 0.6) is 0 Å². The standard InChI is InChI=1S/C21H25N5O6S3/c1-11-23-24-20(35-11)34-10-12-9-33-19-21(32-3,18(30)25(19)16(12)17(29)31-2)26(15(28)8-22)13-6-4-5-7-14(13)27/h4-5,7,13,19,27H,6,8-10,22H2,1-3H3/t13?,19-,21?/m0/s1. The van der Waals surface area contributed by atoms with Gasteiger partial charge in [-0.1, -0.05) is 35.3 Å². The molecule has 2 unspecified atom stereocenters. The summed E-state index contributed by atoms with van der Waals surface area (Å²) in [7, 11) is 2.58. The number of β-lactam (4-membered cyclic amide) rings is 1. The smallest absolute Gasteiger partial charge is 0.354 e. The Morgan fingerprint density at radius 2 is 2.17 bits per heavy atom. The highest BCUT2D eigenvalue weighted by Gasteiger charge is 2.70. The van der Waals surface area contributed by atoms with Crippen LogP contribution < -0.4 is 5.73 Å². The molecule has 14 heteroatoms. The number of amides is 2. The van der Waals surface area contributed by atoms with E-state index >= 15 is 0 Å². The number of rotatable bonds is 8. The molecule has 0 saturated carbocycles. The molecule has 1 aliphatic carbocycles. The Hall–Kier alpha value is -2.39. The molecule has 1 aromatic heterocycles. The molecule has 0 radical (unpaired) electrons. The number of aliphatic hydroxyl groups excluding tert-OH is 1. The normalized spacial score (nSPS) is 25.7. The van der Waals surface area contributed by atoms with Crippen molar-refractivity contribution in [1.82, 2.24) is 20.0 Å². The van der Waals surface area contributed by atoms with Crippen LogP contribution in [0.2, 0.25) is 0 Å². The Kier molecular flexibility index (Phi) is 7.57. The van der Waals surface area contributed by atoms with Crippen LogP contribution in [-0.4, -0.2) is 92.3 Å². The van der Waals surface area contributed by atoms with E-state index in [1.807, 2.05) is 6.92 Å². The number of fused-ring (bicyclic) bond motifs is 1. The molecule has 35 heavy (non-hydrogen) atoms. The summed E-state index contributed by atoms with van der Waals surface area (Å²) in [6.07, 6.45) is 5.20. The number of ether oxygens (including phenoxy) is 2. The second-order valence-electron chi connectivity index (χ2n) is 7.80. The minimum Gasteiger partial charge on any atom is -0.510 e. The highest BCUT2D eigenvalue weighted by atomic mass is 32.2. The summed E-state index contributed by atoms with van der Waals surface area (Å²) < 4.78 is 11.5. The summed E-state index contributed by atoms with van der Waals surface area (Å²) in [5, 5.41) is 18.7. The van der Waals surface area contributed by atoms with Crippen molar-refractivity contribution in [2.45, 2.75) is 34.8 Å². The van der Waals surface area contributed by atoms with E-state index in [1.54, 1.807) is 12.2 Å². The van der Waals surface area contributed by atoms with Crippen molar-refractivity contribution in [2.75, 3.05) is 32.3 Å². The van der Waals surface area contributed by atoms with Gasteiger partial charge in [-0.15, -0.1) is 22.0 Å². The van der Waals surface area contributed by atoms with Crippen LogP contribution >= 0.6 is 34.9 Å². The Labute approximate surface area is 214 Å². The van der Waals surface area contributed by atoms with Gasteiger partial charge in [0.15, 0.2) is 4.34 Å². The number of methoxy groups -OCH3 is 2. The molecular weight excluding hydrogens is 514 g/mol. The van der Waals surface area contributed by atoms with Crippen molar-refractivity contribution < 1.29 is 29.0 Å². The first-order chi connectivity index (χ1) is 16.8. The SMILES string of the molecule is COC(=O)C1=C(CSc2nnc(C)s2)CS[C@@H]2N1C(=O)C2(OC)N(C(=O)CN)C1CC=CC=C1O. The largest absolute Gasteiger partial charge is 0.510 e. The summed E-state index contributed by atoms with van der Waals surface area (Å²) in [5.41, 5.74) is 4.78. The fourth-order valence-electron chi connectivity index (χ4n) is 4.29. The molecule has 4 rings (SSSR count). The second kappa shape index (κ2) is 10.3. The molecule has 188 valence electrons. The first-order valence-corrected chi connectivity index (χ1v) is 13.5. The Morgan fingerprint density at radius 3 is 2.77 bits per heavy atom. The third-order valence-electron chi connectivity index (χ3n) is 5.87. The van der Waals surface area contributed by atoms with Gasteiger partial charge in [0.2, 0.25) is 5.91 Å². The van der Waals surface area contributed by atoms with Crippen molar-refractivity contribution in [2.24, 2.45) is 5.73 Å². The maximum atomic E-state index is 13.8. The summed E-state index contributed by atoms with van der Waals surface area (Å²) in [6, 6.07) is -0.828. The highest BCUT2D eigenvalue weighted by molar-refractivity contribution is 8.01. The van der Waals surface area contributed by atoms with Crippen molar-refractivity contribution in [1.29, 1.82) is 0 Å². The van der Waals surface area contributed by atoms with Gasteiger partial charge >= 0.3 is 5.97 Å². The minimum atomic E-state index is -1.74. The molecule has 11 nitrogen and oxygen atoms in total. The lowest BCUT2D eigenvalue weighted by Crippen LogP contribution is -2.82. The van der Waals surface area contributed by atoms with Gasteiger partial charge in [-0.2, -0.15) is 0 Å². The molecule has 0 spiro atoms. The molecule has 1 saturated heterocycles. The number of nitrogens with two attached hydrogens (primary N) is 1. The van der Waals surface area contributed by atoms with Crippen LogP contribution in [0.25, 0.3) is 0 Å². The molecular formula is C21H25N5O6S3. The number of hydrogen-bond donors (Lipinski definition) is 2. The predicted octanol–water partition coefficient (Wildman–Crippen LogP) is 1.18. The first-order valence-electron chi connectivity index (χ1n) is 10.6. The summed E-state index contributed by atoms with van der Waals surface area (Å²) in [4.78, 5) is 42.2. The average molecular weight is 540 g/mol. The van der Waals surface area contributed by atoms with Gasteiger partial charge in [0, 0.05) is 18.6 Å². The van der Waals surface area contributed by atoms with Crippen LogP contribution in [0, 0.1) is 6.92 Å². The zero-order chi connectivity index (χ0) is 25.3. The van der Waals surface area contributed by atoms with Crippen molar-refractivity contribution in [3.8, 4) is 0 Å². The van der Waals surface area contributed by atoms with E-state index < -0.39 is 34.9 Å². The predicted molar refractivity (Wildman–Crippen MR) is 131 cm³/mol. The monoisotopic (exact) mass is 539 g/mol. The molecule has 3 atom stereocenters. The Bertz CT molecular complexity index is 1130. The van der Waals surface area contributed by atoms with Crippen LogP contribution in [0.15, 0.2) is 39.6 Å². The van der Waals surface area contributed by atoms with Gasteiger partial charge in [-0.05, 0) is 25.0 Å². The summed E-state index contributed by atoms with van der Waals surface area (Å²) >= 11 is 4.22. The molecule has 0 aromatic carbocycles. The first kappa shape index (κ1) is 25.7. The fourth-order valence-corrected chi connectivity index (χ4v) is 7.73. The molecule has 3 aliphatic rings. The van der Waals surface area contributed by atoms with Gasteiger partial charge in [0.25, 0.3) is 11.6 Å². The van der Waals surface area contributed by atoms with Gasteiger partial charge in [0.1, 0.15) is 21.8 Å². The fraction of sp³-hybridized carbons (Fsp3) is 0.476. The number of aliphatic hydroxyl groups is 1. The van der Waals surface area contributed by atoms with Crippen LogP contribution in [0.3, 0.4) is 0 Å². The number of thioether (sulfide) groups is 2. The van der Waals surface area contributed by atoms with Gasteiger partial charge in [-0.25, -0.2) is 4.79 Å². The van der Waals surface area contributed by atoms with Crippen LogP contribution in [0.4, 0.5) is 0 Å². The minimum absolute atomic E-state index is 0.0778. The second-order valence-corrected chi connectivity index (χ2v) is 11.3. The van der Waals surface area contributed by atoms with Crippen LogP contribution in [0.1, 0.15) is 11.4 Å². The Morgan fingerprint density at radius 1 is 1.40 bits per heavy atom. The zero-order valence-corrected chi connectivity index (χ0v) is 21.7. The quantitative estimate of drug-likeness (QED) is 0.212. The number of hydrogen-bond acceptors (Lipinski definition) is 12. The van der Waals surface area contributed by atoms with Gasteiger partial charge in [0.05, 0.1) is 19.7 Å². The number of nitrogens with zero attached hydrogens (tertiary/aromatic N) is 4.